The fourth-order valence-electron chi connectivity index (χ4n) is 2.72. The maximum Gasteiger partial charge on any atom is 0.285 e. The molecular formula is C13H14N8OS2. The zero-order chi connectivity index (χ0) is 16.8. The van der Waals surface area contributed by atoms with Crippen LogP contribution < -0.4 is 0 Å². The summed E-state index contributed by atoms with van der Waals surface area (Å²) in [4.78, 5) is 23.0. The highest BCUT2D eigenvalue weighted by Crippen LogP contribution is 2.30. The fourth-order valence-corrected chi connectivity index (χ4v) is 4.01. The van der Waals surface area contributed by atoms with Gasteiger partial charge in [-0.05, 0) is 43.8 Å². The number of fused-ring (bicyclic) bond motifs is 1. The van der Waals surface area contributed by atoms with Crippen molar-refractivity contribution >= 4 is 29.0 Å². The fraction of sp³-hybridized carbons (Fsp3) is 0.462. The number of hydrogen-bond donors (Lipinski definition) is 0. The first-order valence-corrected chi connectivity index (χ1v) is 8.94. The van der Waals surface area contributed by atoms with Crippen LogP contribution in [0.5, 0.6) is 0 Å². The second-order valence-corrected chi connectivity index (χ2v) is 7.01. The summed E-state index contributed by atoms with van der Waals surface area (Å²) in [7, 11) is 0. The monoisotopic (exact) mass is 362 g/mol. The molecule has 1 aliphatic heterocycles. The first-order valence-electron chi connectivity index (χ1n) is 7.39. The predicted octanol–water partition coefficient (Wildman–Crippen LogP) is 1.48. The molecular weight excluding hydrogens is 348 g/mol. The van der Waals surface area contributed by atoms with E-state index in [0.717, 1.165) is 28.2 Å². The second kappa shape index (κ2) is 5.67. The van der Waals surface area contributed by atoms with E-state index in [-0.39, 0.29) is 11.9 Å². The Balaban J connectivity index is 1.65. The number of nitrogens with zero attached hydrogens (tertiary/aromatic N) is 8. The standard InChI is InChI=1S/C13H14N8OS2/c1-6-9-16-17-10(11-14-7(2)18-23-11)21(9)5-4-20(6)13(22)12-15-8(3)19-24-12/h6H,4-5H2,1-3H3/t6-/m1/s1. The first kappa shape index (κ1) is 15.3. The van der Waals surface area contributed by atoms with Crippen molar-refractivity contribution in [2.45, 2.75) is 33.4 Å². The van der Waals surface area contributed by atoms with Crippen LogP contribution in [0.2, 0.25) is 0 Å². The largest absolute Gasteiger partial charge is 0.325 e. The molecule has 1 aliphatic rings. The second-order valence-electron chi connectivity index (χ2n) is 5.50. The van der Waals surface area contributed by atoms with Gasteiger partial charge in [-0.15, -0.1) is 10.2 Å². The zero-order valence-electron chi connectivity index (χ0n) is 13.3. The molecule has 0 bridgehead atoms. The van der Waals surface area contributed by atoms with Gasteiger partial charge in [-0.25, -0.2) is 9.97 Å². The van der Waals surface area contributed by atoms with Gasteiger partial charge in [0.2, 0.25) is 5.01 Å². The topological polar surface area (TPSA) is 103 Å². The lowest BCUT2D eigenvalue weighted by Gasteiger charge is -2.32. The maximum atomic E-state index is 12.7. The molecule has 0 N–H and O–H groups in total. The molecule has 1 atom stereocenters. The molecule has 4 heterocycles. The smallest absolute Gasteiger partial charge is 0.285 e. The van der Waals surface area contributed by atoms with Crippen molar-refractivity contribution in [1.29, 1.82) is 0 Å². The van der Waals surface area contributed by atoms with E-state index >= 15 is 0 Å². The van der Waals surface area contributed by atoms with Crippen LogP contribution in [-0.4, -0.2) is 50.8 Å². The number of hydrogen-bond acceptors (Lipinski definition) is 9. The van der Waals surface area contributed by atoms with Gasteiger partial charge in [-0.1, -0.05) is 0 Å². The zero-order valence-corrected chi connectivity index (χ0v) is 14.9. The minimum atomic E-state index is -0.189. The molecule has 3 aromatic heterocycles. The molecule has 0 spiro atoms. The number of rotatable bonds is 2. The van der Waals surface area contributed by atoms with Crippen molar-refractivity contribution in [1.82, 2.24) is 38.4 Å². The van der Waals surface area contributed by atoms with Gasteiger partial charge in [0.25, 0.3) is 5.91 Å². The van der Waals surface area contributed by atoms with E-state index in [9.17, 15) is 4.79 Å². The van der Waals surface area contributed by atoms with E-state index in [4.69, 9.17) is 0 Å². The summed E-state index contributed by atoms with van der Waals surface area (Å²) in [6.07, 6.45) is 0. The van der Waals surface area contributed by atoms with E-state index in [1.54, 1.807) is 11.8 Å². The molecule has 3 aromatic rings. The van der Waals surface area contributed by atoms with Crippen LogP contribution in [0.4, 0.5) is 0 Å². The highest BCUT2D eigenvalue weighted by atomic mass is 32.1. The molecule has 1 amide bonds. The quantitative estimate of drug-likeness (QED) is 0.680. The SMILES string of the molecule is Cc1nsc(C(=O)N2CCn3c(-c4nc(C)ns4)nnc3[C@H]2C)n1. The first-order chi connectivity index (χ1) is 11.5. The van der Waals surface area contributed by atoms with Crippen molar-refractivity contribution in [2.24, 2.45) is 0 Å². The van der Waals surface area contributed by atoms with E-state index in [1.165, 1.54) is 11.5 Å². The highest BCUT2D eigenvalue weighted by Gasteiger charge is 2.33. The van der Waals surface area contributed by atoms with Crippen LogP contribution in [0.15, 0.2) is 0 Å². The normalized spacial score (nSPS) is 17.1. The number of amides is 1. The lowest BCUT2D eigenvalue weighted by molar-refractivity contribution is 0.0638. The van der Waals surface area contributed by atoms with E-state index in [1.807, 2.05) is 18.4 Å². The third kappa shape index (κ3) is 2.40. The molecule has 0 saturated carbocycles. The lowest BCUT2D eigenvalue weighted by Crippen LogP contribution is -2.41. The van der Waals surface area contributed by atoms with Gasteiger partial charge in [-0.2, -0.15) is 8.75 Å². The Morgan fingerprint density at radius 2 is 1.83 bits per heavy atom. The van der Waals surface area contributed by atoms with Crippen LogP contribution in [-0.2, 0) is 6.54 Å². The van der Waals surface area contributed by atoms with Gasteiger partial charge < -0.3 is 9.47 Å². The Kier molecular flexibility index (Phi) is 3.61. The van der Waals surface area contributed by atoms with Crippen LogP contribution in [0, 0.1) is 13.8 Å². The van der Waals surface area contributed by atoms with Crippen molar-refractivity contribution in [2.75, 3.05) is 6.54 Å². The number of carbonyl (C=O) groups is 1. The summed E-state index contributed by atoms with van der Waals surface area (Å²) < 4.78 is 10.3. The summed E-state index contributed by atoms with van der Waals surface area (Å²) in [5.74, 6) is 2.68. The van der Waals surface area contributed by atoms with Crippen LogP contribution >= 0.6 is 23.1 Å². The molecule has 0 fully saturated rings. The molecule has 0 aliphatic carbocycles. The van der Waals surface area contributed by atoms with Crippen molar-refractivity contribution in [3.63, 3.8) is 0 Å². The molecule has 0 aromatic carbocycles. The summed E-state index contributed by atoms with van der Waals surface area (Å²) in [5.41, 5.74) is 0. The average Bonchev–Trinajstić information content (AvgIpc) is 3.26. The van der Waals surface area contributed by atoms with E-state index in [2.05, 4.69) is 28.9 Å². The predicted molar refractivity (Wildman–Crippen MR) is 87.8 cm³/mol. The summed E-state index contributed by atoms with van der Waals surface area (Å²) >= 11 is 2.43. The Hall–Kier alpha value is -2.27. The van der Waals surface area contributed by atoms with E-state index in [0.29, 0.717) is 29.7 Å². The van der Waals surface area contributed by atoms with Crippen LogP contribution in [0.1, 0.15) is 40.2 Å². The molecule has 0 unspecified atom stereocenters. The minimum absolute atomic E-state index is 0.115. The minimum Gasteiger partial charge on any atom is -0.325 e. The van der Waals surface area contributed by atoms with Gasteiger partial charge in [-0.3, -0.25) is 4.79 Å². The third-order valence-electron chi connectivity index (χ3n) is 3.88. The summed E-state index contributed by atoms with van der Waals surface area (Å²) in [6, 6.07) is -0.189. The summed E-state index contributed by atoms with van der Waals surface area (Å²) in [5, 5.41) is 9.70. The highest BCUT2D eigenvalue weighted by molar-refractivity contribution is 7.09. The number of aromatic nitrogens is 7. The van der Waals surface area contributed by atoms with Gasteiger partial charge >= 0.3 is 0 Å². The Morgan fingerprint density at radius 1 is 1.08 bits per heavy atom. The molecule has 4 rings (SSSR count). The van der Waals surface area contributed by atoms with Crippen molar-refractivity contribution < 1.29 is 4.79 Å². The molecule has 9 nitrogen and oxygen atoms in total. The Bertz CT molecular complexity index is 913. The van der Waals surface area contributed by atoms with Crippen LogP contribution in [0.25, 0.3) is 10.8 Å². The third-order valence-corrected chi connectivity index (χ3v) is 5.47. The Labute approximate surface area is 145 Å². The number of aryl methyl sites for hydroxylation is 2. The van der Waals surface area contributed by atoms with E-state index < -0.39 is 0 Å². The molecule has 124 valence electrons. The Morgan fingerprint density at radius 3 is 2.50 bits per heavy atom. The lowest BCUT2D eigenvalue weighted by atomic mass is 10.2. The van der Waals surface area contributed by atoms with Gasteiger partial charge in [0.15, 0.2) is 16.7 Å². The molecule has 24 heavy (non-hydrogen) atoms. The van der Waals surface area contributed by atoms with Gasteiger partial charge in [0.05, 0.1) is 6.04 Å². The molecule has 11 heteroatoms. The maximum absolute atomic E-state index is 12.7. The van der Waals surface area contributed by atoms with Crippen LogP contribution in [0.3, 0.4) is 0 Å². The van der Waals surface area contributed by atoms with Crippen molar-refractivity contribution in [3.8, 4) is 10.8 Å². The number of carbonyl (C=O) groups excluding carboxylic acids is 1. The molecule has 0 radical (unpaired) electrons. The van der Waals surface area contributed by atoms with Gasteiger partial charge in [0, 0.05) is 13.1 Å². The molecule has 0 saturated heterocycles. The summed E-state index contributed by atoms with van der Waals surface area (Å²) in [6.45, 7) is 6.75. The van der Waals surface area contributed by atoms with Crippen molar-refractivity contribution in [3.05, 3.63) is 22.5 Å². The average molecular weight is 362 g/mol. The van der Waals surface area contributed by atoms with Gasteiger partial charge in [0.1, 0.15) is 11.6 Å².